The molecule has 0 aliphatic carbocycles. The summed E-state index contributed by atoms with van der Waals surface area (Å²) >= 11 is 0. The molecule has 0 bridgehead atoms. The lowest BCUT2D eigenvalue weighted by atomic mass is 10.1. The first-order valence-electron chi connectivity index (χ1n) is 8.85. The Labute approximate surface area is 131 Å². The van der Waals surface area contributed by atoms with Gasteiger partial charge in [-0.2, -0.15) is 0 Å². The van der Waals surface area contributed by atoms with Crippen LogP contribution in [0, 0.1) is 0 Å². The minimum absolute atomic E-state index is 1.03. The van der Waals surface area contributed by atoms with Crippen LogP contribution in [0.5, 0.6) is 0 Å². The first kappa shape index (κ1) is 18.0. The van der Waals surface area contributed by atoms with E-state index in [1.807, 2.05) is 0 Å². The first-order valence-corrected chi connectivity index (χ1v) is 8.85. The summed E-state index contributed by atoms with van der Waals surface area (Å²) in [7, 11) is 0. The van der Waals surface area contributed by atoms with Gasteiger partial charge in [0.05, 0.1) is 0 Å². The van der Waals surface area contributed by atoms with E-state index in [4.69, 9.17) is 0 Å². The predicted molar refractivity (Wildman–Crippen MR) is 95.2 cm³/mol. The van der Waals surface area contributed by atoms with E-state index in [1.54, 1.807) is 0 Å². The molecule has 0 radical (unpaired) electrons. The molecular formula is C19H34N2. The van der Waals surface area contributed by atoms with E-state index >= 15 is 0 Å². The van der Waals surface area contributed by atoms with Gasteiger partial charge in [0.15, 0.2) is 0 Å². The Morgan fingerprint density at radius 3 is 2.14 bits per heavy atom. The lowest BCUT2D eigenvalue weighted by Crippen LogP contribution is -2.28. The third-order valence-corrected chi connectivity index (χ3v) is 4.17. The number of likely N-dealkylation sites (N-methyl/N-ethyl adjacent to an activating group) is 1. The van der Waals surface area contributed by atoms with Crippen LogP contribution >= 0.6 is 0 Å². The molecule has 0 fully saturated rings. The molecule has 0 saturated heterocycles. The molecule has 0 aliphatic rings. The highest BCUT2D eigenvalue weighted by molar-refractivity contribution is 5.44. The number of hydrogen-bond donors (Lipinski definition) is 1. The summed E-state index contributed by atoms with van der Waals surface area (Å²) in [6, 6.07) is 9.01. The van der Waals surface area contributed by atoms with Crippen LogP contribution in [0.2, 0.25) is 0 Å². The molecule has 2 heteroatoms. The van der Waals surface area contributed by atoms with Crippen molar-refractivity contribution in [3.05, 3.63) is 29.8 Å². The largest absolute Gasteiger partial charge is 0.384 e. The molecule has 0 atom stereocenters. The quantitative estimate of drug-likeness (QED) is 0.548. The number of rotatable bonds is 12. The fourth-order valence-corrected chi connectivity index (χ4v) is 2.62. The standard InChI is InChI=1S/C19H34N2/c1-4-7-8-9-10-11-18-12-14-19(15-13-18)20-16-17-21(5-2)6-3/h12-15,20H,4-11,16-17H2,1-3H3. The average Bonchev–Trinajstić information content (AvgIpc) is 2.53. The monoisotopic (exact) mass is 290 g/mol. The topological polar surface area (TPSA) is 15.3 Å². The Bertz CT molecular complexity index is 341. The van der Waals surface area contributed by atoms with Crippen LogP contribution < -0.4 is 5.32 Å². The zero-order valence-electron chi connectivity index (χ0n) is 14.3. The van der Waals surface area contributed by atoms with E-state index in [9.17, 15) is 0 Å². The molecule has 1 aromatic carbocycles. The summed E-state index contributed by atoms with van der Waals surface area (Å²) in [5, 5.41) is 3.51. The van der Waals surface area contributed by atoms with Gasteiger partial charge in [-0.1, -0.05) is 58.6 Å². The maximum absolute atomic E-state index is 3.51. The van der Waals surface area contributed by atoms with E-state index in [0.29, 0.717) is 0 Å². The highest BCUT2D eigenvalue weighted by atomic mass is 15.1. The average molecular weight is 290 g/mol. The van der Waals surface area contributed by atoms with Crippen LogP contribution in [0.3, 0.4) is 0 Å². The van der Waals surface area contributed by atoms with Crippen molar-refractivity contribution in [3.8, 4) is 0 Å². The number of nitrogens with zero attached hydrogens (tertiary/aromatic N) is 1. The van der Waals surface area contributed by atoms with Crippen LogP contribution in [0.15, 0.2) is 24.3 Å². The van der Waals surface area contributed by atoms with Crippen molar-refractivity contribution in [3.63, 3.8) is 0 Å². The summed E-state index contributed by atoms with van der Waals surface area (Å²) in [4.78, 5) is 2.44. The summed E-state index contributed by atoms with van der Waals surface area (Å²) in [5.41, 5.74) is 2.72. The number of hydrogen-bond acceptors (Lipinski definition) is 2. The van der Waals surface area contributed by atoms with Crippen molar-refractivity contribution >= 4 is 5.69 Å². The molecule has 1 aromatic rings. The van der Waals surface area contributed by atoms with Gasteiger partial charge in [0, 0.05) is 18.8 Å². The summed E-state index contributed by atoms with van der Waals surface area (Å²) < 4.78 is 0. The van der Waals surface area contributed by atoms with Crippen LogP contribution in [0.4, 0.5) is 5.69 Å². The Hall–Kier alpha value is -1.02. The smallest absolute Gasteiger partial charge is 0.0340 e. The van der Waals surface area contributed by atoms with Crippen molar-refractivity contribution in [1.29, 1.82) is 0 Å². The zero-order chi connectivity index (χ0) is 15.3. The van der Waals surface area contributed by atoms with Gasteiger partial charge in [-0.25, -0.2) is 0 Å². The Balaban J connectivity index is 2.20. The molecule has 21 heavy (non-hydrogen) atoms. The molecule has 0 unspecified atom stereocenters. The fourth-order valence-electron chi connectivity index (χ4n) is 2.62. The Morgan fingerprint density at radius 1 is 0.857 bits per heavy atom. The molecule has 0 heterocycles. The van der Waals surface area contributed by atoms with Gasteiger partial charge in [0.1, 0.15) is 0 Å². The van der Waals surface area contributed by atoms with Gasteiger partial charge < -0.3 is 10.2 Å². The zero-order valence-corrected chi connectivity index (χ0v) is 14.3. The third-order valence-electron chi connectivity index (χ3n) is 4.17. The minimum atomic E-state index is 1.03. The van der Waals surface area contributed by atoms with Crippen molar-refractivity contribution in [2.75, 3.05) is 31.5 Å². The van der Waals surface area contributed by atoms with Gasteiger partial charge in [0.2, 0.25) is 0 Å². The number of unbranched alkanes of at least 4 members (excludes halogenated alkanes) is 4. The number of nitrogens with one attached hydrogen (secondary N) is 1. The minimum Gasteiger partial charge on any atom is -0.384 e. The van der Waals surface area contributed by atoms with Gasteiger partial charge in [0.25, 0.3) is 0 Å². The van der Waals surface area contributed by atoms with Crippen molar-refractivity contribution in [2.45, 2.75) is 59.3 Å². The summed E-state index contributed by atoms with van der Waals surface area (Å²) in [6.45, 7) is 11.1. The van der Waals surface area contributed by atoms with Crippen molar-refractivity contribution in [2.24, 2.45) is 0 Å². The van der Waals surface area contributed by atoms with Gasteiger partial charge in [-0.3, -0.25) is 0 Å². The molecule has 1 N–H and O–H groups in total. The first-order chi connectivity index (χ1) is 10.3. The van der Waals surface area contributed by atoms with E-state index < -0.39 is 0 Å². The van der Waals surface area contributed by atoms with Crippen LogP contribution in [0.1, 0.15) is 58.4 Å². The maximum atomic E-state index is 3.51. The van der Waals surface area contributed by atoms with Crippen molar-refractivity contribution in [1.82, 2.24) is 4.90 Å². The number of benzene rings is 1. The van der Waals surface area contributed by atoms with Crippen LogP contribution in [-0.2, 0) is 6.42 Å². The van der Waals surface area contributed by atoms with E-state index in [1.165, 1.54) is 49.8 Å². The van der Waals surface area contributed by atoms with Crippen LogP contribution in [0.25, 0.3) is 0 Å². The molecule has 0 aromatic heterocycles. The molecule has 0 spiro atoms. The molecule has 0 amide bonds. The van der Waals surface area contributed by atoms with Gasteiger partial charge >= 0.3 is 0 Å². The Morgan fingerprint density at radius 2 is 1.52 bits per heavy atom. The van der Waals surface area contributed by atoms with Gasteiger partial charge in [-0.15, -0.1) is 0 Å². The molecule has 0 aliphatic heterocycles. The molecule has 2 nitrogen and oxygen atoms in total. The summed E-state index contributed by atoms with van der Waals surface area (Å²) in [6.07, 6.45) is 8.03. The lowest BCUT2D eigenvalue weighted by molar-refractivity contribution is 0.316. The van der Waals surface area contributed by atoms with E-state index in [-0.39, 0.29) is 0 Å². The second-order valence-electron chi connectivity index (χ2n) is 5.81. The highest BCUT2D eigenvalue weighted by Crippen LogP contribution is 2.13. The third kappa shape index (κ3) is 8.11. The van der Waals surface area contributed by atoms with Crippen LogP contribution in [-0.4, -0.2) is 31.1 Å². The molecular weight excluding hydrogens is 256 g/mol. The van der Waals surface area contributed by atoms with Crippen molar-refractivity contribution < 1.29 is 0 Å². The number of anilines is 1. The van der Waals surface area contributed by atoms with Gasteiger partial charge in [-0.05, 0) is 43.6 Å². The second-order valence-corrected chi connectivity index (χ2v) is 5.81. The second kappa shape index (κ2) is 11.6. The SMILES string of the molecule is CCCCCCCc1ccc(NCCN(CC)CC)cc1. The summed E-state index contributed by atoms with van der Waals surface area (Å²) in [5.74, 6) is 0. The molecule has 0 saturated carbocycles. The fraction of sp³-hybridized carbons (Fsp3) is 0.684. The molecule has 120 valence electrons. The van der Waals surface area contributed by atoms with E-state index in [0.717, 1.165) is 26.2 Å². The highest BCUT2D eigenvalue weighted by Gasteiger charge is 1.99. The lowest BCUT2D eigenvalue weighted by Gasteiger charge is -2.18. The molecule has 1 rings (SSSR count). The predicted octanol–water partition coefficient (Wildman–Crippen LogP) is 4.95. The maximum Gasteiger partial charge on any atom is 0.0340 e. The number of aryl methyl sites for hydroxylation is 1. The van der Waals surface area contributed by atoms with E-state index in [2.05, 4.69) is 55.3 Å². The normalized spacial score (nSPS) is 11.0. The Kier molecular flexibility index (Phi) is 9.98.